The molecule has 2 N–H and O–H groups in total. The second-order valence-electron chi connectivity index (χ2n) is 5.96. The number of nitrogens with one attached hydrogen (secondary N) is 2. The zero-order valence-corrected chi connectivity index (χ0v) is 15.7. The van der Waals surface area contributed by atoms with E-state index >= 15 is 0 Å². The molecule has 3 rings (SSSR count). The quantitative estimate of drug-likeness (QED) is 0.832. The lowest BCUT2D eigenvalue weighted by Crippen LogP contribution is -2.47. The number of amides is 1. The third-order valence-corrected chi connectivity index (χ3v) is 4.48. The predicted molar refractivity (Wildman–Crippen MR) is 102 cm³/mol. The van der Waals surface area contributed by atoms with Gasteiger partial charge in [0.2, 0.25) is 5.91 Å². The Hall–Kier alpha value is -1.60. The maximum absolute atomic E-state index is 12.2. The molecule has 2 heterocycles. The first-order valence-corrected chi connectivity index (χ1v) is 8.48. The molecule has 0 saturated carbocycles. The summed E-state index contributed by atoms with van der Waals surface area (Å²) in [6, 6.07) is 7.39. The van der Waals surface area contributed by atoms with Gasteiger partial charge < -0.3 is 15.2 Å². The van der Waals surface area contributed by atoms with E-state index in [9.17, 15) is 4.79 Å². The van der Waals surface area contributed by atoms with E-state index in [1.165, 1.54) is 0 Å². The van der Waals surface area contributed by atoms with Crippen molar-refractivity contribution in [1.29, 1.82) is 0 Å². The van der Waals surface area contributed by atoms with Crippen molar-refractivity contribution >= 4 is 35.6 Å². The van der Waals surface area contributed by atoms with E-state index in [1.54, 1.807) is 12.1 Å². The third-order valence-electron chi connectivity index (χ3n) is 4.25. The number of nitrogens with zero attached hydrogens (tertiary/aromatic N) is 3. The van der Waals surface area contributed by atoms with Gasteiger partial charge in [-0.2, -0.15) is 0 Å². The molecule has 1 unspecified atom stereocenters. The van der Waals surface area contributed by atoms with Crippen LogP contribution >= 0.6 is 24.0 Å². The number of aromatic nitrogens is 2. The Morgan fingerprint density at radius 1 is 1.48 bits per heavy atom. The van der Waals surface area contributed by atoms with Gasteiger partial charge in [0.05, 0.1) is 6.04 Å². The fraction of sp³-hybridized carbons (Fsp3) is 0.412. The molecule has 2 aromatic rings. The van der Waals surface area contributed by atoms with Crippen LogP contribution in [0.1, 0.15) is 18.3 Å². The van der Waals surface area contributed by atoms with Crippen LogP contribution in [0.5, 0.6) is 0 Å². The summed E-state index contributed by atoms with van der Waals surface area (Å²) in [6.07, 6.45) is 4.20. The average molecular weight is 384 g/mol. The molecule has 1 aromatic heterocycles. The van der Waals surface area contributed by atoms with Crippen molar-refractivity contribution in [2.45, 2.75) is 12.5 Å². The summed E-state index contributed by atoms with van der Waals surface area (Å²) in [5.74, 6) is 1.02. The minimum atomic E-state index is -0.00519. The van der Waals surface area contributed by atoms with E-state index in [0.29, 0.717) is 18.0 Å². The number of anilines is 1. The molecule has 0 spiro atoms. The van der Waals surface area contributed by atoms with Gasteiger partial charge in [0.1, 0.15) is 5.82 Å². The Labute approximate surface area is 159 Å². The highest BCUT2D eigenvalue weighted by Gasteiger charge is 2.26. The second kappa shape index (κ2) is 9.20. The van der Waals surface area contributed by atoms with Gasteiger partial charge in [0.15, 0.2) is 0 Å². The van der Waals surface area contributed by atoms with Crippen molar-refractivity contribution in [2.24, 2.45) is 7.05 Å². The summed E-state index contributed by atoms with van der Waals surface area (Å²) >= 11 is 5.94. The van der Waals surface area contributed by atoms with Crippen LogP contribution in [-0.2, 0) is 11.8 Å². The summed E-state index contributed by atoms with van der Waals surface area (Å²) in [7, 11) is 2.00. The van der Waals surface area contributed by atoms with Crippen molar-refractivity contribution in [3.63, 3.8) is 0 Å². The number of rotatable bonds is 5. The smallest absolute Gasteiger partial charge is 0.225 e. The number of imidazole rings is 1. The Morgan fingerprint density at radius 3 is 3.04 bits per heavy atom. The number of halogens is 2. The summed E-state index contributed by atoms with van der Waals surface area (Å²) in [5.41, 5.74) is 0.730. The molecule has 1 aromatic carbocycles. The second-order valence-corrected chi connectivity index (χ2v) is 6.40. The van der Waals surface area contributed by atoms with Crippen molar-refractivity contribution < 1.29 is 4.79 Å². The molecule has 1 saturated heterocycles. The topological polar surface area (TPSA) is 62.2 Å². The molecule has 1 aliphatic heterocycles. The highest BCUT2D eigenvalue weighted by Crippen LogP contribution is 2.21. The number of piperazine rings is 1. The summed E-state index contributed by atoms with van der Waals surface area (Å²) in [6.45, 7) is 3.38. The normalized spacial score (nSPS) is 17.8. The molecule has 136 valence electrons. The molecular formula is C17H23Cl2N5O. The molecule has 25 heavy (non-hydrogen) atoms. The summed E-state index contributed by atoms with van der Waals surface area (Å²) in [5, 5.41) is 6.92. The fourth-order valence-corrected chi connectivity index (χ4v) is 3.19. The van der Waals surface area contributed by atoms with Gasteiger partial charge in [-0.3, -0.25) is 9.69 Å². The van der Waals surface area contributed by atoms with Crippen LogP contribution in [-0.4, -0.2) is 46.5 Å². The van der Waals surface area contributed by atoms with E-state index in [4.69, 9.17) is 11.6 Å². The number of hydrogen-bond acceptors (Lipinski definition) is 4. The van der Waals surface area contributed by atoms with Crippen LogP contribution in [0.2, 0.25) is 5.02 Å². The van der Waals surface area contributed by atoms with Gasteiger partial charge in [0, 0.05) is 62.8 Å². The molecule has 1 atom stereocenters. The van der Waals surface area contributed by atoms with Crippen molar-refractivity contribution in [3.05, 3.63) is 47.5 Å². The Kier molecular flexibility index (Phi) is 7.25. The minimum Gasteiger partial charge on any atom is -0.337 e. The Balaban J connectivity index is 0.00000225. The van der Waals surface area contributed by atoms with E-state index < -0.39 is 0 Å². The van der Waals surface area contributed by atoms with Gasteiger partial charge in [0.25, 0.3) is 0 Å². The van der Waals surface area contributed by atoms with E-state index in [1.807, 2.05) is 36.1 Å². The lowest BCUT2D eigenvalue weighted by Gasteiger charge is -2.35. The molecule has 1 fully saturated rings. The Bertz CT molecular complexity index is 706. The standard InChI is InChI=1S/C17H22ClN5O.ClH/c1-22-9-7-20-17(22)15-12-19-6-10-23(15)8-5-16(24)21-14-4-2-3-13(18)11-14;/h2-4,7,9,11,15,19H,5-6,8,10,12H2,1H3,(H,21,24);1H. The number of hydrogen-bond donors (Lipinski definition) is 2. The largest absolute Gasteiger partial charge is 0.337 e. The number of benzene rings is 1. The zero-order valence-electron chi connectivity index (χ0n) is 14.1. The maximum Gasteiger partial charge on any atom is 0.225 e. The maximum atomic E-state index is 12.2. The van der Waals surface area contributed by atoms with Gasteiger partial charge in [-0.05, 0) is 18.2 Å². The molecule has 0 aliphatic carbocycles. The molecule has 1 aliphatic rings. The van der Waals surface area contributed by atoms with Gasteiger partial charge in [-0.1, -0.05) is 17.7 Å². The van der Waals surface area contributed by atoms with E-state index in [0.717, 1.165) is 31.1 Å². The zero-order chi connectivity index (χ0) is 16.9. The van der Waals surface area contributed by atoms with Gasteiger partial charge in [-0.25, -0.2) is 4.98 Å². The minimum absolute atomic E-state index is 0. The van der Waals surface area contributed by atoms with E-state index in [2.05, 4.69) is 20.5 Å². The number of carbonyl (C=O) groups excluding carboxylic acids is 1. The third kappa shape index (κ3) is 5.19. The van der Waals surface area contributed by atoms with Crippen LogP contribution < -0.4 is 10.6 Å². The van der Waals surface area contributed by atoms with Crippen molar-refractivity contribution in [1.82, 2.24) is 19.8 Å². The fourth-order valence-electron chi connectivity index (χ4n) is 3.00. The molecule has 8 heteroatoms. The molecule has 0 radical (unpaired) electrons. The van der Waals surface area contributed by atoms with Crippen LogP contribution in [0.25, 0.3) is 0 Å². The summed E-state index contributed by atoms with van der Waals surface area (Å²) in [4.78, 5) is 19.0. The highest BCUT2D eigenvalue weighted by molar-refractivity contribution is 6.30. The predicted octanol–water partition coefficient (Wildman–Crippen LogP) is 2.47. The SMILES string of the molecule is Cl.Cn1ccnc1C1CNCCN1CCC(=O)Nc1cccc(Cl)c1. The van der Waals surface area contributed by atoms with Gasteiger partial charge in [-0.15, -0.1) is 12.4 Å². The lowest BCUT2D eigenvalue weighted by atomic mass is 10.1. The van der Waals surface area contributed by atoms with Gasteiger partial charge >= 0.3 is 0 Å². The Morgan fingerprint density at radius 2 is 2.32 bits per heavy atom. The average Bonchev–Trinajstić information content (AvgIpc) is 2.99. The lowest BCUT2D eigenvalue weighted by molar-refractivity contribution is -0.116. The van der Waals surface area contributed by atoms with Crippen molar-refractivity contribution in [2.75, 3.05) is 31.5 Å². The monoisotopic (exact) mass is 383 g/mol. The molecule has 6 nitrogen and oxygen atoms in total. The first-order chi connectivity index (χ1) is 11.6. The van der Waals surface area contributed by atoms with Crippen LogP contribution in [0.15, 0.2) is 36.7 Å². The number of carbonyl (C=O) groups is 1. The number of aryl methyl sites for hydroxylation is 1. The van der Waals surface area contributed by atoms with Crippen LogP contribution in [0, 0.1) is 0 Å². The molecular weight excluding hydrogens is 361 g/mol. The highest BCUT2D eigenvalue weighted by atomic mass is 35.5. The first kappa shape index (κ1) is 19.7. The van der Waals surface area contributed by atoms with Crippen LogP contribution in [0.4, 0.5) is 5.69 Å². The van der Waals surface area contributed by atoms with Crippen LogP contribution in [0.3, 0.4) is 0 Å². The van der Waals surface area contributed by atoms with Crippen molar-refractivity contribution in [3.8, 4) is 0 Å². The first-order valence-electron chi connectivity index (χ1n) is 8.11. The summed E-state index contributed by atoms with van der Waals surface area (Å²) < 4.78 is 2.04. The van der Waals surface area contributed by atoms with E-state index in [-0.39, 0.29) is 24.4 Å². The molecule has 1 amide bonds. The molecule has 0 bridgehead atoms.